The van der Waals surface area contributed by atoms with Crippen LogP contribution in [0.3, 0.4) is 0 Å². The molecule has 0 bridgehead atoms. The Bertz CT molecular complexity index is 858. The van der Waals surface area contributed by atoms with Crippen LogP contribution >= 0.6 is 7.94 Å². The maximum absolute atomic E-state index is 10.5. The third-order valence-corrected chi connectivity index (χ3v) is 5.62. The van der Waals surface area contributed by atoms with E-state index in [1.807, 2.05) is 0 Å². The first-order valence-corrected chi connectivity index (χ1v) is 11.4. The number of ether oxygens (including phenoxy) is 3. The Morgan fingerprint density at radius 1 is 1.17 bits per heavy atom. The fraction of sp³-hybridized carbons (Fsp3) is 0.688. The van der Waals surface area contributed by atoms with E-state index in [1.165, 1.54) is 17.0 Å². The first kappa shape index (κ1) is 21.7. The zero-order chi connectivity index (χ0) is 21.3. The fourth-order valence-electron chi connectivity index (χ4n) is 3.59. The number of aliphatic hydroxyl groups is 2. The molecule has 166 valence electrons. The van der Waals surface area contributed by atoms with Gasteiger partial charge in [-0.2, -0.15) is 19.8 Å². The standard InChI is InChI=1S/C16H25N5O8P/c22-12-11(6-28-8-30(24,25)26)29-14(13(12)23)10-5-17-16-15(18-7-19-21(10)16)20-9-1-3-27-4-2-9/h5,7,9,11-14,22-26H,1-4,6,8H2,(H,18,19,20)/q+1/t11-,12-,13-,14?/m1/s1. The van der Waals surface area contributed by atoms with Crippen molar-refractivity contribution in [1.82, 2.24) is 19.6 Å². The number of aromatic nitrogens is 4. The van der Waals surface area contributed by atoms with E-state index in [2.05, 4.69) is 20.4 Å². The summed E-state index contributed by atoms with van der Waals surface area (Å²) in [5.74, 6) is 0.546. The molecule has 2 fully saturated rings. The van der Waals surface area contributed by atoms with E-state index < -0.39 is 38.7 Å². The average Bonchev–Trinajstić information content (AvgIpc) is 3.25. The summed E-state index contributed by atoms with van der Waals surface area (Å²) >= 11 is 0. The maximum atomic E-state index is 10.5. The summed E-state index contributed by atoms with van der Waals surface area (Å²) in [5.41, 5.74) is 0.879. The normalized spacial score (nSPS) is 28.3. The van der Waals surface area contributed by atoms with Crippen molar-refractivity contribution in [2.45, 2.75) is 43.3 Å². The molecule has 4 heterocycles. The van der Waals surface area contributed by atoms with E-state index in [0.29, 0.717) is 30.4 Å². The van der Waals surface area contributed by atoms with Gasteiger partial charge in [-0.15, -0.1) is 0 Å². The lowest BCUT2D eigenvalue weighted by molar-refractivity contribution is -0.0410. The smallest absolute Gasteiger partial charge is 0.387 e. The number of hydrogen-bond acceptors (Lipinski definition) is 12. The van der Waals surface area contributed by atoms with Crippen molar-refractivity contribution in [2.24, 2.45) is 0 Å². The highest BCUT2D eigenvalue weighted by Crippen LogP contribution is 2.44. The minimum atomic E-state index is -4.09. The van der Waals surface area contributed by atoms with Crippen LogP contribution in [0, 0.1) is 0 Å². The Morgan fingerprint density at radius 2 is 1.93 bits per heavy atom. The lowest BCUT2D eigenvalue weighted by atomic mass is 10.1. The summed E-state index contributed by atoms with van der Waals surface area (Å²) < 4.78 is 17.6. The van der Waals surface area contributed by atoms with Crippen LogP contribution in [-0.4, -0.2) is 95.0 Å². The van der Waals surface area contributed by atoms with Gasteiger partial charge in [0.25, 0.3) is 0 Å². The Kier molecular flexibility index (Phi) is 6.44. The molecule has 0 radical (unpaired) electrons. The number of aliphatic hydroxyl groups excluding tert-OH is 2. The molecule has 1 unspecified atom stereocenters. The van der Waals surface area contributed by atoms with Gasteiger partial charge in [-0.25, -0.2) is 14.5 Å². The van der Waals surface area contributed by atoms with Crippen LogP contribution in [-0.2, 0) is 14.2 Å². The lowest BCUT2D eigenvalue weighted by Crippen LogP contribution is -2.33. The van der Waals surface area contributed by atoms with Crippen LogP contribution in [0.2, 0.25) is 0 Å². The zero-order valence-corrected chi connectivity index (χ0v) is 16.9. The third kappa shape index (κ3) is 4.69. The summed E-state index contributed by atoms with van der Waals surface area (Å²) in [6, 6.07) is 0.203. The van der Waals surface area contributed by atoms with Gasteiger partial charge in [0, 0.05) is 19.3 Å². The third-order valence-electron chi connectivity index (χ3n) is 5.09. The predicted octanol–water partition coefficient (Wildman–Crippen LogP) is -1.41. The molecular weight excluding hydrogens is 421 g/mol. The number of fused-ring (bicyclic) bond motifs is 1. The first-order chi connectivity index (χ1) is 14.3. The minimum absolute atomic E-state index is 0.203. The van der Waals surface area contributed by atoms with Crippen molar-refractivity contribution >= 4 is 19.4 Å². The van der Waals surface area contributed by atoms with Gasteiger partial charge >= 0.3 is 7.94 Å². The van der Waals surface area contributed by atoms with E-state index in [0.717, 1.165) is 12.8 Å². The van der Waals surface area contributed by atoms with Gasteiger partial charge in [0.15, 0.2) is 11.5 Å². The molecule has 2 aliphatic rings. The van der Waals surface area contributed by atoms with Crippen LogP contribution in [0.25, 0.3) is 5.65 Å². The highest BCUT2D eigenvalue weighted by molar-refractivity contribution is 7.58. The molecule has 14 heteroatoms. The van der Waals surface area contributed by atoms with Crippen LogP contribution < -0.4 is 5.32 Å². The zero-order valence-electron chi connectivity index (χ0n) is 16.0. The molecule has 4 atom stereocenters. The molecule has 2 aliphatic heterocycles. The molecule has 2 aromatic rings. The quantitative estimate of drug-likeness (QED) is 0.274. The number of nitrogens with one attached hydrogen (secondary N) is 1. The summed E-state index contributed by atoms with van der Waals surface area (Å²) in [6.45, 7) is 1.10. The Labute approximate surface area is 171 Å². The molecule has 2 saturated heterocycles. The van der Waals surface area contributed by atoms with Crippen molar-refractivity contribution < 1.29 is 39.1 Å². The minimum Gasteiger partial charge on any atom is -0.387 e. The van der Waals surface area contributed by atoms with Crippen molar-refractivity contribution in [3.8, 4) is 0 Å². The average molecular weight is 446 g/mol. The molecule has 4 rings (SSSR count). The number of hydrogen-bond donors (Lipinski definition) is 6. The molecule has 0 aromatic carbocycles. The highest BCUT2D eigenvalue weighted by atomic mass is 31.2. The Morgan fingerprint density at radius 3 is 2.67 bits per heavy atom. The maximum Gasteiger partial charge on any atom is 0.431 e. The van der Waals surface area contributed by atoms with Gasteiger partial charge < -0.3 is 29.7 Å². The summed E-state index contributed by atoms with van der Waals surface area (Å²) in [6.07, 6.45) is -0.578. The van der Waals surface area contributed by atoms with Crippen LogP contribution in [0.1, 0.15) is 24.6 Å². The number of nitrogens with zero attached hydrogens (tertiary/aromatic N) is 4. The molecule has 0 saturated carbocycles. The highest BCUT2D eigenvalue weighted by Gasteiger charge is 2.45. The van der Waals surface area contributed by atoms with Crippen molar-refractivity contribution in [3.05, 3.63) is 18.2 Å². The Hall–Kier alpha value is -1.54. The first-order valence-electron chi connectivity index (χ1n) is 9.52. The molecule has 0 aliphatic carbocycles. The van der Waals surface area contributed by atoms with Gasteiger partial charge in [0.1, 0.15) is 30.7 Å². The molecular formula is C16H25N5O8P+. The topological polar surface area (TPSA) is 184 Å². The Balaban J connectivity index is 1.49. The number of imidazole rings is 1. The molecule has 6 N–H and O–H groups in total. The second-order valence-corrected chi connectivity index (χ2v) is 8.97. The number of anilines is 1. The molecule has 13 nitrogen and oxygen atoms in total. The van der Waals surface area contributed by atoms with Crippen LogP contribution in [0.15, 0.2) is 12.5 Å². The molecule has 0 amide bonds. The van der Waals surface area contributed by atoms with Gasteiger partial charge in [-0.1, -0.05) is 0 Å². The van der Waals surface area contributed by atoms with Crippen molar-refractivity contribution in [3.63, 3.8) is 0 Å². The molecule has 2 aromatic heterocycles. The van der Waals surface area contributed by atoms with Gasteiger partial charge in [0.2, 0.25) is 6.35 Å². The molecule has 30 heavy (non-hydrogen) atoms. The largest absolute Gasteiger partial charge is 0.431 e. The van der Waals surface area contributed by atoms with Crippen molar-refractivity contribution in [2.75, 3.05) is 31.5 Å². The second-order valence-electron chi connectivity index (χ2n) is 7.33. The predicted molar refractivity (Wildman–Crippen MR) is 102 cm³/mol. The SMILES string of the molecule is O[C@@H]1[C@@H](COC[P+](O)(O)O)OC(c2cnc3c(NC4CCOCC4)ncnn23)[C@@H]1O. The van der Waals surface area contributed by atoms with E-state index in [1.54, 1.807) is 0 Å². The summed E-state index contributed by atoms with van der Waals surface area (Å²) in [7, 11) is -4.09. The fourth-order valence-corrected chi connectivity index (χ4v) is 3.94. The van der Waals surface area contributed by atoms with E-state index in [4.69, 9.17) is 28.9 Å². The summed E-state index contributed by atoms with van der Waals surface area (Å²) in [5, 5.41) is 28.3. The second kappa shape index (κ2) is 8.91. The number of rotatable bonds is 7. The van der Waals surface area contributed by atoms with Gasteiger partial charge in [-0.3, -0.25) is 0 Å². The summed E-state index contributed by atoms with van der Waals surface area (Å²) in [4.78, 5) is 35.6. The lowest BCUT2D eigenvalue weighted by Gasteiger charge is -2.23. The van der Waals surface area contributed by atoms with Crippen molar-refractivity contribution in [1.29, 1.82) is 0 Å². The van der Waals surface area contributed by atoms with Crippen LogP contribution in [0.5, 0.6) is 0 Å². The van der Waals surface area contributed by atoms with E-state index >= 15 is 0 Å². The van der Waals surface area contributed by atoms with Gasteiger partial charge in [0.05, 0.1) is 18.5 Å². The van der Waals surface area contributed by atoms with E-state index in [9.17, 15) is 10.2 Å². The monoisotopic (exact) mass is 446 g/mol. The van der Waals surface area contributed by atoms with Gasteiger partial charge in [-0.05, 0) is 12.8 Å². The van der Waals surface area contributed by atoms with Crippen LogP contribution in [0.4, 0.5) is 5.82 Å². The van der Waals surface area contributed by atoms with E-state index in [-0.39, 0.29) is 12.6 Å². The molecule has 0 spiro atoms.